The monoisotopic (exact) mass is 368 g/mol. The van der Waals surface area contributed by atoms with E-state index in [1.165, 1.54) is 0 Å². The zero-order chi connectivity index (χ0) is 18.8. The summed E-state index contributed by atoms with van der Waals surface area (Å²) in [6.45, 7) is 1.46. The molecule has 0 saturated carbocycles. The number of methoxy groups -OCH3 is 2. The number of anilines is 1. The lowest BCUT2D eigenvalue weighted by Gasteiger charge is -2.19. The molecule has 7 nitrogen and oxygen atoms in total. The minimum Gasteiger partial charge on any atom is -0.493 e. The molecule has 140 valence electrons. The second-order valence-corrected chi connectivity index (χ2v) is 6.13. The Bertz CT molecular complexity index is 1040. The average molecular weight is 368 g/mol. The van der Waals surface area contributed by atoms with Gasteiger partial charge in [-0.3, -0.25) is 4.79 Å². The lowest BCUT2D eigenvalue weighted by Crippen LogP contribution is -2.17. The maximum absolute atomic E-state index is 12.4. The Morgan fingerprint density at radius 2 is 1.74 bits per heavy atom. The maximum Gasteiger partial charge on any atom is 0.253 e. The summed E-state index contributed by atoms with van der Waals surface area (Å²) < 4.78 is 21.7. The number of aromatic nitrogens is 1. The minimum absolute atomic E-state index is 0.153. The van der Waals surface area contributed by atoms with E-state index >= 15 is 0 Å². The van der Waals surface area contributed by atoms with Gasteiger partial charge in [-0.25, -0.2) is 0 Å². The quantitative estimate of drug-likeness (QED) is 0.721. The molecule has 0 unspecified atom stereocenters. The Kier molecular flexibility index (Phi) is 4.50. The highest BCUT2D eigenvalue weighted by atomic mass is 16.6. The first-order valence-corrected chi connectivity index (χ1v) is 8.59. The van der Waals surface area contributed by atoms with Crippen molar-refractivity contribution >= 4 is 16.6 Å². The first kappa shape index (κ1) is 17.1. The predicted octanol–water partition coefficient (Wildman–Crippen LogP) is 2.93. The van der Waals surface area contributed by atoms with Crippen molar-refractivity contribution in [2.45, 2.75) is 6.54 Å². The lowest BCUT2D eigenvalue weighted by molar-refractivity contribution is 0.171. The second kappa shape index (κ2) is 7.11. The van der Waals surface area contributed by atoms with Gasteiger partial charge >= 0.3 is 0 Å². The van der Waals surface area contributed by atoms with Crippen LogP contribution in [-0.2, 0) is 6.54 Å². The molecule has 0 spiro atoms. The van der Waals surface area contributed by atoms with Crippen molar-refractivity contribution < 1.29 is 18.9 Å². The van der Waals surface area contributed by atoms with Crippen LogP contribution in [0.15, 0.2) is 41.2 Å². The van der Waals surface area contributed by atoms with Crippen LogP contribution in [0.2, 0.25) is 0 Å². The fraction of sp³-hybridized carbons (Fsp3) is 0.250. The molecule has 27 heavy (non-hydrogen) atoms. The molecular formula is C20H20N2O5. The van der Waals surface area contributed by atoms with Crippen LogP contribution in [0.4, 0.5) is 5.69 Å². The molecule has 0 atom stereocenters. The van der Waals surface area contributed by atoms with Crippen LogP contribution >= 0.6 is 0 Å². The van der Waals surface area contributed by atoms with Crippen molar-refractivity contribution in [1.82, 2.24) is 4.98 Å². The molecule has 0 aliphatic carbocycles. The first-order chi connectivity index (χ1) is 13.2. The fourth-order valence-corrected chi connectivity index (χ4v) is 3.06. The van der Waals surface area contributed by atoms with Crippen molar-refractivity contribution in [3.8, 4) is 23.0 Å². The summed E-state index contributed by atoms with van der Waals surface area (Å²) in [4.78, 5) is 15.3. The highest BCUT2D eigenvalue weighted by Gasteiger charge is 2.12. The molecule has 0 bridgehead atoms. The highest BCUT2D eigenvalue weighted by Crippen LogP contribution is 2.33. The summed E-state index contributed by atoms with van der Waals surface area (Å²) in [7, 11) is 3.15. The molecule has 7 heteroatoms. The van der Waals surface area contributed by atoms with Gasteiger partial charge in [0.05, 0.1) is 19.7 Å². The van der Waals surface area contributed by atoms with Gasteiger partial charge in [0.2, 0.25) is 0 Å². The van der Waals surface area contributed by atoms with Gasteiger partial charge in [-0.15, -0.1) is 0 Å². The summed E-state index contributed by atoms with van der Waals surface area (Å²) in [6, 6.07) is 11.1. The molecule has 1 aliphatic heterocycles. The summed E-state index contributed by atoms with van der Waals surface area (Å²) in [5.41, 5.74) is 2.01. The number of H-pyrrole nitrogens is 1. The van der Waals surface area contributed by atoms with Gasteiger partial charge in [-0.1, -0.05) is 0 Å². The van der Waals surface area contributed by atoms with Gasteiger partial charge in [0.15, 0.2) is 23.0 Å². The van der Waals surface area contributed by atoms with Crippen LogP contribution in [0.1, 0.15) is 5.56 Å². The van der Waals surface area contributed by atoms with Gasteiger partial charge in [-0.2, -0.15) is 0 Å². The third-order valence-electron chi connectivity index (χ3n) is 4.45. The van der Waals surface area contributed by atoms with E-state index in [1.54, 1.807) is 20.3 Å². The molecule has 4 rings (SSSR count). The van der Waals surface area contributed by atoms with E-state index < -0.39 is 0 Å². The van der Waals surface area contributed by atoms with Crippen LogP contribution in [0.25, 0.3) is 10.9 Å². The van der Waals surface area contributed by atoms with E-state index in [0.717, 1.165) is 16.8 Å². The Balaban J connectivity index is 1.60. The number of ether oxygens (including phenoxy) is 4. The molecule has 0 fully saturated rings. The number of hydrogen-bond donors (Lipinski definition) is 2. The largest absolute Gasteiger partial charge is 0.493 e. The Morgan fingerprint density at radius 3 is 2.52 bits per heavy atom. The van der Waals surface area contributed by atoms with E-state index in [4.69, 9.17) is 18.9 Å². The van der Waals surface area contributed by atoms with E-state index in [-0.39, 0.29) is 5.56 Å². The molecule has 0 radical (unpaired) electrons. The summed E-state index contributed by atoms with van der Waals surface area (Å²) in [5, 5.41) is 4.12. The molecule has 3 aromatic rings. The van der Waals surface area contributed by atoms with Gasteiger partial charge < -0.3 is 29.2 Å². The van der Waals surface area contributed by atoms with E-state index in [1.807, 2.05) is 30.3 Å². The number of benzene rings is 2. The minimum atomic E-state index is -0.153. The number of aromatic amines is 1. The van der Waals surface area contributed by atoms with Crippen LogP contribution in [0.5, 0.6) is 23.0 Å². The third-order valence-corrected chi connectivity index (χ3v) is 4.45. The second-order valence-electron chi connectivity index (χ2n) is 6.13. The fourth-order valence-electron chi connectivity index (χ4n) is 3.06. The predicted molar refractivity (Wildman–Crippen MR) is 102 cm³/mol. The van der Waals surface area contributed by atoms with E-state index in [2.05, 4.69) is 10.3 Å². The topological polar surface area (TPSA) is 81.8 Å². The molecule has 2 N–H and O–H groups in total. The number of pyridine rings is 1. The van der Waals surface area contributed by atoms with Crippen molar-refractivity contribution in [2.24, 2.45) is 0 Å². The van der Waals surface area contributed by atoms with Gasteiger partial charge in [-0.05, 0) is 24.3 Å². The van der Waals surface area contributed by atoms with Crippen molar-refractivity contribution in [1.29, 1.82) is 0 Å². The standard InChI is InChI=1S/C20H20N2O5/c1-24-17-8-12-7-13(20(23)22-15(12)10-18(17)25-2)11-21-14-3-4-16-19(9-14)27-6-5-26-16/h3-4,7-10,21H,5-6,11H2,1-2H3,(H,22,23). The first-order valence-electron chi connectivity index (χ1n) is 8.59. The lowest BCUT2D eigenvalue weighted by atomic mass is 10.1. The smallest absolute Gasteiger partial charge is 0.253 e. The van der Waals surface area contributed by atoms with Crippen LogP contribution in [-0.4, -0.2) is 32.4 Å². The zero-order valence-corrected chi connectivity index (χ0v) is 15.1. The number of nitrogens with one attached hydrogen (secondary N) is 2. The van der Waals surface area contributed by atoms with Crippen molar-refractivity contribution in [2.75, 3.05) is 32.8 Å². The van der Waals surface area contributed by atoms with Crippen molar-refractivity contribution in [3.05, 3.63) is 52.3 Å². The number of fused-ring (bicyclic) bond motifs is 2. The normalized spacial score (nSPS) is 12.7. The SMILES string of the molecule is COc1cc2cc(CNc3ccc4c(c3)OCCO4)c(=O)[nH]c2cc1OC. The van der Waals surface area contributed by atoms with Crippen LogP contribution in [0.3, 0.4) is 0 Å². The summed E-state index contributed by atoms with van der Waals surface area (Å²) in [5.74, 6) is 2.62. The third kappa shape index (κ3) is 3.36. The van der Waals surface area contributed by atoms with Gasteiger partial charge in [0, 0.05) is 35.3 Å². The van der Waals surface area contributed by atoms with Gasteiger partial charge in [0.25, 0.3) is 5.56 Å². The number of rotatable bonds is 5. The molecule has 1 aromatic heterocycles. The van der Waals surface area contributed by atoms with Crippen LogP contribution in [0, 0.1) is 0 Å². The summed E-state index contributed by atoms with van der Waals surface area (Å²) >= 11 is 0. The molecule has 2 aromatic carbocycles. The molecular weight excluding hydrogens is 348 g/mol. The van der Waals surface area contributed by atoms with Gasteiger partial charge in [0.1, 0.15) is 13.2 Å². The van der Waals surface area contributed by atoms with E-state index in [9.17, 15) is 4.79 Å². The molecule has 0 saturated heterocycles. The zero-order valence-electron chi connectivity index (χ0n) is 15.1. The molecule has 0 amide bonds. The Labute approximate surface area is 155 Å². The Morgan fingerprint density at radius 1 is 1.00 bits per heavy atom. The molecule has 1 aliphatic rings. The average Bonchev–Trinajstić information content (AvgIpc) is 2.71. The highest BCUT2D eigenvalue weighted by molar-refractivity contribution is 5.83. The molecule has 2 heterocycles. The van der Waals surface area contributed by atoms with E-state index in [0.29, 0.717) is 48.1 Å². The maximum atomic E-state index is 12.4. The Hall–Kier alpha value is -3.35. The van der Waals surface area contributed by atoms with Crippen LogP contribution < -0.4 is 29.8 Å². The summed E-state index contributed by atoms with van der Waals surface area (Å²) in [6.07, 6.45) is 0. The van der Waals surface area contributed by atoms with Crippen molar-refractivity contribution in [3.63, 3.8) is 0 Å². The number of hydrogen-bond acceptors (Lipinski definition) is 6.